The Morgan fingerprint density at radius 3 is 2.27 bits per heavy atom. The van der Waals surface area contributed by atoms with Gasteiger partial charge < -0.3 is 24.4 Å². The van der Waals surface area contributed by atoms with Gasteiger partial charge in [0.15, 0.2) is 11.6 Å². The van der Waals surface area contributed by atoms with Crippen LogP contribution in [-0.4, -0.2) is 42.0 Å². The molecule has 0 fully saturated rings. The summed E-state index contributed by atoms with van der Waals surface area (Å²) in [6.45, 7) is 3.13. The third kappa shape index (κ3) is 2.47. The smallest absolute Gasteiger partial charge is 0.345 e. The van der Waals surface area contributed by atoms with Crippen LogP contribution in [0.5, 0.6) is 17.2 Å². The topological polar surface area (TPSA) is 119 Å². The van der Waals surface area contributed by atoms with Gasteiger partial charge in [-0.1, -0.05) is 17.7 Å². The summed E-state index contributed by atoms with van der Waals surface area (Å²) in [4.78, 5) is 39.8. The molecule has 1 atom stereocenters. The van der Waals surface area contributed by atoms with Crippen molar-refractivity contribution in [2.45, 2.75) is 19.6 Å². The van der Waals surface area contributed by atoms with Crippen LogP contribution in [0.2, 0.25) is 5.02 Å². The number of phenolic OH excluding ortho intramolecular Hbond substituents is 2. The fourth-order valence-electron chi connectivity index (χ4n) is 4.67. The van der Waals surface area contributed by atoms with E-state index in [2.05, 4.69) is 0 Å². The predicted molar refractivity (Wildman–Crippen MR) is 117 cm³/mol. The Hall–Kier alpha value is -3.62. The van der Waals surface area contributed by atoms with Gasteiger partial charge in [-0.15, -0.1) is 0 Å². The van der Waals surface area contributed by atoms with Crippen molar-refractivity contribution in [3.05, 3.63) is 62.2 Å². The predicted octanol–water partition coefficient (Wildman–Crippen LogP) is 3.99. The molecule has 1 aliphatic carbocycles. The first kappa shape index (κ1) is 21.2. The molecule has 0 aromatic heterocycles. The van der Waals surface area contributed by atoms with Crippen LogP contribution in [0.1, 0.15) is 60.3 Å². The van der Waals surface area contributed by atoms with Gasteiger partial charge in [0.1, 0.15) is 22.8 Å². The van der Waals surface area contributed by atoms with Crippen molar-refractivity contribution in [1.29, 1.82) is 0 Å². The molecule has 0 spiro atoms. The number of hydrogen-bond acceptors (Lipinski definition) is 8. The first-order valence-corrected chi connectivity index (χ1v) is 10.2. The van der Waals surface area contributed by atoms with E-state index >= 15 is 0 Å². The quantitative estimate of drug-likeness (QED) is 0.335. The highest BCUT2D eigenvalue weighted by atomic mass is 35.5. The number of cyclic esters (lactones) is 1. The maximum Gasteiger partial charge on any atom is 0.345 e. The highest BCUT2D eigenvalue weighted by Crippen LogP contribution is 2.52. The van der Waals surface area contributed by atoms with E-state index in [0.717, 1.165) is 0 Å². The van der Waals surface area contributed by atoms with Crippen LogP contribution < -0.4 is 4.74 Å². The van der Waals surface area contributed by atoms with E-state index in [4.69, 9.17) is 25.8 Å². The number of phenols is 2. The lowest BCUT2D eigenvalue weighted by atomic mass is 9.78. The number of aromatic hydroxyl groups is 2. The van der Waals surface area contributed by atoms with Crippen LogP contribution in [0.15, 0.2) is 18.2 Å². The summed E-state index contributed by atoms with van der Waals surface area (Å²) in [7, 11) is 2.63. The van der Waals surface area contributed by atoms with Gasteiger partial charge in [-0.05, 0) is 30.0 Å². The zero-order valence-electron chi connectivity index (χ0n) is 18.0. The maximum atomic E-state index is 13.7. The minimum absolute atomic E-state index is 0.00256. The monoisotopic (exact) mass is 468 g/mol. The molecule has 3 aromatic rings. The Morgan fingerprint density at radius 2 is 1.64 bits per heavy atom. The Bertz CT molecular complexity index is 1470. The lowest BCUT2D eigenvalue weighted by Crippen LogP contribution is -2.26. The molecule has 0 saturated carbocycles. The lowest BCUT2D eigenvalue weighted by Gasteiger charge is -2.26. The number of halogens is 1. The van der Waals surface area contributed by atoms with Crippen molar-refractivity contribution in [3.8, 4) is 17.2 Å². The molecule has 168 valence electrons. The molecule has 0 unspecified atom stereocenters. The first-order valence-electron chi connectivity index (χ1n) is 9.87. The van der Waals surface area contributed by atoms with E-state index in [9.17, 15) is 24.6 Å². The summed E-state index contributed by atoms with van der Waals surface area (Å²) in [5.74, 6) is -5.45. The standard InChI is InChI=1S/C24H17ClO8/c1-8-7-9-5-6-10-12(11(9)22(31-3)17(8)25)19(27)14-13(18(10)26)21(29)16-15(20(14)28)23(30)33-24(16,2)32-4/h5-7,28-29H,1-4H3/t24-/m1/s1. The molecule has 8 nitrogen and oxygen atoms in total. The summed E-state index contributed by atoms with van der Waals surface area (Å²) in [6.07, 6.45) is 0. The van der Waals surface area contributed by atoms with Crippen molar-refractivity contribution < 1.29 is 38.8 Å². The number of fused-ring (bicyclic) bond motifs is 5. The Balaban J connectivity index is 1.92. The number of ether oxygens (including phenoxy) is 3. The number of rotatable bonds is 2. The number of hydrogen-bond donors (Lipinski definition) is 2. The highest BCUT2D eigenvalue weighted by molar-refractivity contribution is 6.38. The van der Waals surface area contributed by atoms with Crippen LogP contribution in [0, 0.1) is 6.92 Å². The number of methoxy groups -OCH3 is 2. The molecule has 0 saturated heterocycles. The zero-order valence-corrected chi connectivity index (χ0v) is 18.7. The van der Waals surface area contributed by atoms with E-state index in [1.54, 1.807) is 19.1 Å². The van der Waals surface area contributed by atoms with Gasteiger partial charge in [-0.2, -0.15) is 0 Å². The van der Waals surface area contributed by atoms with Crippen LogP contribution in [0.3, 0.4) is 0 Å². The van der Waals surface area contributed by atoms with Gasteiger partial charge in [0.2, 0.25) is 5.79 Å². The second-order valence-corrected chi connectivity index (χ2v) is 8.40. The van der Waals surface area contributed by atoms with Gasteiger partial charge in [0.25, 0.3) is 0 Å². The molecule has 0 radical (unpaired) electrons. The molecule has 33 heavy (non-hydrogen) atoms. The van der Waals surface area contributed by atoms with Crippen molar-refractivity contribution in [3.63, 3.8) is 0 Å². The fourth-order valence-corrected chi connectivity index (χ4v) is 4.90. The van der Waals surface area contributed by atoms with Crippen molar-refractivity contribution >= 4 is 39.9 Å². The van der Waals surface area contributed by atoms with Gasteiger partial charge in [0, 0.05) is 30.5 Å². The SMILES string of the molecule is COc1c(Cl)c(C)cc2ccc3c(c12)C(=O)c1c(O)c2c(c(O)c1C3=O)[C@](C)(OC)OC2=O. The Kier molecular flexibility index (Phi) is 4.31. The number of esters is 1. The van der Waals surface area contributed by atoms with Crippen LogP contribution in [0.4, 0.5) is 0 Å². The molecule has 1 heterocycles. The number of carbonyl (C=O) groups is 3. The largest absolute Gasteiger partial charge is 0.507 e. The molecular formula is C24H17ClO8. The first-order chi connectivity index (χ1) is 15.6. The average molecular weight is 469 g/mol. The maximum absolute atomic E-state index is 13.7. The van der Waals surface area contributed by atoms with Crippen LogP contribution in [-0.2, 0) is 15.3 Å². The summed E-state index contributed by atoms with van der Waals surface area (Å²) in [6, 6.07) is 4.86. The summed E-state index contributed by atoms with van der Waals surface area (Å²) < 4.78 is 15.9. The third-order valence-corrected chi connectivity index (χ3v) is 6.76. The van der Waals surface area contributed by atoms with Gasteiger partial charge in [-0.25, -0.2) is 4.79 Å². The van der Waals surface area contributed by atoms with E-state index in [1.165, 1.54) is 27.2 Å². The Morgan fingerprint density at radius 1 is 0.970 bits per heavy atom. The Labute approximate surface area is 192 Å². The number of carbonyl (C=O) groups excluding carboxylic acids is 3. The average Bonchev–Trinajstić information content (AvgIpc) is 3.06. The number of aryl methyl sites for hydroxylation is 1. The summed E-state index contributed by atoms with van der Waals surface area (Å²) >= 11 is 6.41. The van der Waals surface area contributed by atoms with Crippen LogP contribution in [0.25, 0.3) is 10.8 Å². The minimum Gasteiger partial charge on any atom is -0.507 e. The van der Waals surface area contributed by atoms with Gasteiger partial charge in [-0.3, -0.25) is 9.59 Å². The van der Waals surface area contributed by atoms with Gasteiger partial charge in [0.05, 0.1) is 28.8 Å². The fraction of sp³-hybridized carbons (Fsp3) is 0.208. The van der Waals surface area contributed by atoms with E-state index in [-0.39, 0.29) is 27.5 Å². The molecular weight excluding hydrogens is 452 g/mol. The second kappa shape index (κ2) is 6.69. The molecule has 0 amide bonds. The molecule has 2 N–H and O–H groups in total. The number of benzene rings is 3. The minimum atomic E-state index is -1.75. The van der Waals surface area contributed by atoms with Gasteiger partial charge >= 0.3 is 5.97 Å². The normalized spacial score (nSPS) is 18.8. The van der Waals surface area contributed by atoms with Crippen molar-refractivity contribution in [2.75, 3.05) is 14.2 Å². The van der Waals surface area contributed by atoms with E-state index in [0.29, 0.717) is 16.3 Å². The van der Waals surface area contributed by atoms with Crippen molar-refractivity contribution in [2.24, 2.45) is 0 Å². The van der Waals surface area contributed by atoms with Crippen molar-refractivity contribution in [1.82, 2.24) is 0 Å². The molecule has 3 aromatic carbocycles. The molecule has 5 rings (SSSR count). The van der Waals surface area contributed by atoms with Crippen LogP contribution >= 0.6 is 11.6 Å². The zero-order chi connectivity index (χ0) is 24.0. The second-order valence-electron chi connectivity index (χ2n) is 8.02. The summed E-state index contributed by atoms with van der Waals surface area (Å²) in [5.41, 5.74) is -0.907. The number of ketones is 2. The lowest BCUT2D eigenvalue weighted by molar-refractivity contribution is -0.173. The van der Waals surface area contributed by atoms with E-state index < -0.39 is 51.5 Å². The van der Waals surface area contributed by atoms with E-state index in [1.807, 2.05) is 0 Å². The third-order valence-electron chi connectivity index (χ3n) is 6.29. The molecule has 0 bridgehead atoms. The molecule has 2 aliphatic rings. The summed E-state index contributed by atoms with van der Waals surface area (Å²) in [5, 5.41) is 23.2. The molecule has 1 aliphatic heterocycles. The highest BCUT2D eigenvalue weighted by Gasteiger charge is 2.51. The molecule has 9 heteroatoms.